The van der Waals surface area contributed by atoms with E-state index >= 15 is 0 Å². The molecule has 0 aliphatic heterocycles. The Balaban J connectivity index is 3.35. The van der Waals surface area contributed by atoms with E-state index in [-0.39, 0.29) is 12.6 Å². The fourth-order valence-electron chi connectivity index (χ4n) is 8.56. The minimum Gasteiger partial charge on any atom is -0.457 e. The van der Waals surface area contributed by atoms with Crippen molar-refractivity contribution in [1.29, 1.82) is 0 Å². The van der Waals surface area contributed by atoms with Gasteiger partial charge in [0.2, 0.25) is 0 Å². The van der Waals surface area contributed by atoms with Crippen LogP contribution in [0.15, 0.2) is 24.3 Å². The lowest BCUT2D eigenvalue weighted by atomic mass is 10.0. The van der Waals surface area contributed by atoms with Crippen LogP contribution in [0.2, 0.25) is 0 Å². The molecular formula is C57H110O4. The summed E-state index contributed by atoms with van der Waals surface area (Å²) in [6.45, 7) is 5.40. The minimum absolute atomic E-state index is 0.167. The largest absolute Gasteiger partial charge is 0.457 e. The molecule has 0 heterocycles. The maximum absolute atomic E-state index is 12.3. The molecule has 0 aromatic heterocycles. The quantitative estimate of drug-likeness (QED) is 0.0376. The summed E-state index contributed by atoms with van der Waals surface area (Å²) in [5, 5.41) is 9.67. The number of esters is 1. The van der Waals surface area contributed by atoms with Crippen LogP contribution in [-0.4, -0.2) is 37.0 Å². The van der Waals surface area contributed by atoms with Crippen molar-refractivity contribution in [2.75, 3.05) is 19.8 Å². The molecule has 0 aromatic carbocycles. The third kappa shape index (κ3) is 53.1. The van der Waals surface area contributed by atoms with E-state index in [0.29, 0.717) is 19.6 Å². The zero-order valence-electron chi connectivity index (χ0n) is 41.7. The number of aliphatic hydroxyl groups is 1. The highest BCUT2D eigenvalue weighted by Gasteiger charge is 2.13. The molecule has 1 atom stereocenters. The molecular weight excluding hydrogens is 749 g/mol. The second-order valence-electron chi connectivity index (χ2n) is 19.0. The Morgan fingerprint density at radius 3 is 0.934 bits per heavy atom. The molecule has 0 amide bonds. The van der Waals surface area contributed by atoms with Crippen molar-refractivity contribution in [3.63, 3.8) is 0 Å². The summed E-state index contributed by atoms with van der Waals surface area (Å²) >= 11 is 0. The van der Waals surface area contributed by atoms with Crippen molar-refractivity contribution in [2.45, 2.75) is 315 Å². The molecule has 0 aliphatic rings. The monoisotopic (exact) mass is 859 g/mol. The molecule has 0 radical (unpaired) electrons. The lowest BCUT2D eigenvalue weighted by Gasteiger charge is -2.16. The molecule has 0 bridgehead atoms. The first-order valence-electron chi connectivity index (χ1n) is 27.9. The van der Waals surface area contributed by atoms with Gasteiger partial charge in [0.1, 0.15) is 6.10 Å². The van der Waals surface area contributed by atoms with Gasteiger partial charge < -0.3 is 14.6 Å². The van der Waals surface area contributed by atoms with Crippen LogP contribution < -0.4 is 0 Å². The topological polar surface area (TPSA) is 55.8 Å². The zero-order chi connectivity index (χ0) is 44.0. The van der Waals surface area contributed by atoms with Crippen LogP contribution in [0.4, 0.5) is 0 Å². The highest BCUT2D eigenvalue weighted by atomic mass is 16.6. The number of carbonyl (C=O) groups is 1. The van der Waals surface area contributed by atoms with Crippen molar-refractivity contribution in [3.8, 4) is 0 Å². The number of hydrogen-bond donors (Lipinski definition) is 1. The minimum atomic E-state index is -0.532. The van der Waals surface area contributed by atoms with E-state index in [4.69, 9.17) is 9.47 Å². The number of rotatable bonds is 53. The molecule has 0 saturated carbocycles. The van der Waals surface area contributed by atoms with Gasteiger partial charge in [-0.05, 0) is 64.2 Å². The molecule has 4 heteroatoms. The number of unbranched alkanes of at least 4 members (excludes halogenated alkanes) is 41. The average Bonchev–Trinajstić information content (AvgIpc) is 3.27. The Hall–Kier alpha value is -1.13. The summed E-state index contributed by atoms with van der Waals surface area (Å²) in [7, 11) is 0. The fraction of sp³-hybridized carbons (Fsp3) is 0.912. The number of carbonyl (C=O) groups excluding carboxylic acids is 1. The summed E-state index contributed by atoms with van der Waals surface area (Å²) in [6, 6.07) is 0. The number of hydrogen-bond acceptors (Lipinski definition) is 4. The molecule has 0 rings (SSSR count). The predicted octanol–water partition coefficient (Wildman–Crippen LogP) is 19.0. The molecule has 0 aliphatic carbocycles. The van der Waals surface area contributed by atoms with E-state index in [1.807, 2.05) is 0 Å². The van der Waals surface area contributed by atoms with Crippen LogP contribution in [0.25, 0.3) is 0 Å². The van der Waals surface area contributed by atoms with Crippen LogP contribution in [0.5, 0.6) is 0 Å². The van der Waals surface area contributed by atoms with Gasteiger partial charge in [0, 0.05) is 13.0 Å². The van der Waals surface area contributed by atoms with Crippen LogP contribution in [0.3, 0.4) is 0 Å². The normalized spacial score (nSPS) is 12.4. The molecule has 0 saturated heterocycles. The van der Waals surface area contributed by atoms with Gasteiger partial charge in [-0.3, -0.25) is 4.79 Å². The Morgan fingerprint density at radius 2 is 0.639 bits per heavy atom. The molecule has 1 unspecified atom stereocenters. The van der Waals surface area contributed by atoms with E-state index in [1.165, 1.54) is 270 Å². The van der Waals surface area contributed by atoms with Crippen molar-refractivity contribution in [3.05, 3.63) is 24.3 Å². The second-order valence-corrected chi connectivity index (χ2v) is 19.0. The van der Waals surface area contributed by atoms with Crippen molar-refractivity contribution >= 4 is 5.97 Å². The number of ether oxygens (including phenoxy) is 2. The maximum Gasteiger partial charge on any atom is 0.306 e. The average molecular weight is 860 g/mol. The Labute approximate surface area is 383 Å². The van der Waals surface area contributed by atoms with Gasteiger partial charge in [-0.15, -0.1) is 0 Å². The summed E-state index contributed by atoms with van der Waals surface area (Å²) in [6.07, 6.45) is 70.1. The van der Waals surface area contributed by atoms with Gasteiger partial charge in [-0.25, -0.2) is 0 Å². The number of allylic oxidation sites excluding steroid dienone is 4. The Morgan fingerprint density at radius 1 is 0.377 bits per heavy atom. The first-order valence-corrected chi connectivity index (χ1v) is 27.9. The fourth-order valence-corrected chi connectivity index (χ4v) is 8.56. The highest BCUT2D eigenvalue weighted by Crippen LogP contribution is 2.17. The summed E-state index contributed by atoms with van der Waals surface area (Å²) in [5.74, 6) is -0.194. The Bertz CT molecular complexity index is 867. The van der Waals surface area contributed by atoms with Gasteiger partial charge >= 0.3 is 5.97 Å². The maximum atomic E-state index is 12.3. The van der Waals surface area contributed by atoms with Crippen LogP contribution in [-0.2, 0) is 14.3 Å². The molecule has 0 spiro atoms. The van der Waals surface area contributed by atoms with Gasteiger partial charge in [0.05, 0.1) is 13.2 Å². The predicted molar refractivity (Wildman–Crippen MR) is 270 cm³/mol. The molecule has 1 N–H and O–H groups in total. The van der Waals surface area contributed by atoms with Crippen LogP contribution >= 0.6 is 0 Å². The van der Waals surface area contributed by atoms with Gasteiger partial charge in [0.25, 0.3) is 0 Å². The SMILES string of the molecule is CCCCCCCCCC/C=C\CCCCCCCCCCCCCCCC(=O)OC(CO)COCCCCCCCCCCCCCC/C=C\CCCCCCCCCC. The van der Waals surface area contributed by atoms with Crippen LogP contribution in [0, 0.1) is 0 Å². The number of aliphatic hydroxyl groups excluding tert-OH is 1. The molecule has 0 fully saturated rings. The van der Waals surface area contributed by atoms with Gasteiger partial charge in [0.15, 0.2) is 0 Å². The lowest BCUT2D eigenvalue weighted by molar-refractivity contribution is -0.154. The second kappa shape index (κ2) is 55.0. The Kier molecular flexibility index (Phi) is 54.0. The summed E-state index contributed by atoms with van der Waals surface area (Å²) in [4.78, 5) is 12.3. The van der Waals surface area contributed by atoms with Gasteiger partial charge in [-0.1, -0.05) is 263 Å². The smallest absolute Gasteiger partial charge is 0.306 e. The standard InChI is InChI=1S/C57H110O4/c1-3-5-7-9-11-13-15-17-19-21-23-25-27-29-30-32-34-36-38-40-42-44-46-48-50-52-57(59)61-56(54-58)55-60-53-51-49-47-45-43-41-39-37-35-33-31-28-26-24-22-20-18-16-14-12-10-8-6-4-2/h21-24,56,58H,3-20,25-55H2,1-2H3/b23-21-,24-22-. The van der Waals surface area contributed by atoms with Crippen LogP contribution in [0.1, 0.15) is 309 Å². The third-order valence-corrected chi connectivity index (χ3v) is 12.7. The zero-order valence-corrected chi connectivity index (χ0v) is 41.7. The molecule has 0 aromatic rings. The van der Waals surface area contributed by atoms with E-state index in [1.54, 1.807) is 0 Å². The highest BCUT2D eigenvalue weighted by molar-refractivity contribution is 5.69. The first-order chi connectivity index (χ1) is 30.2. The molecule has 61 heavy (non-hydrogen) atoms. The van der Waals surface area contributed by atoms with Crippen molar-refractivity contribution in [2.24, 2.45) is 0 Å². The van der Waals surface area contributed by atoms with E-state index in [0.717, 1.165) is 19.3 Å². The van der Waals surface area contributed by atoms with E-state index in [9.17, 15) is 9.90 Å². The van der Waals surface area contributed by atoms with Gasteiger partial charge in [-0.2, -0.15) is 0 Å². The lowest BCUT2D eigenvalue weighted by Crippen LogP contribution is -2.27. The van der Waals surface area contributed by atoms with Crippen molar-refractivity contribution in [1.82, 2.24) is 0 Å². The van der Waals surface area contributed by atoms with E-state index in [2.05, 4.69) is 38.2 Å². The molecule has 4 nitrogen and oxygen atoms in total. The summed E-state index contributed by atoms with van der Waals surface area (Å²) < 4.78 is 11.2. The first kappa shape index (κ1) is 59.9. The summed E-state index contributed by atoms with van der Waals surface area (Å²) in [5.41, 5.74) is 0. The third-order valence-electron chi connectivity index (χ3n) is 12.7. The van der Waals surface area contributed by atoms with E-state index < -0.39 is 6.10 Å². The molecule has 362 valence electrons. The van der Waals surface area contributed by atoms with Crippen molar-refractivity contribution < 1.29 is 19.4 Å².